The standard InChI is InChI=1S/C15H16N2O4/c1-4-10-6-13(9(2)17-14(10)20-3)11-5-12(8-16-7-11)21-15(18)19/h5-8H,4H2,1-3H3,(H,18,19). The highest BCUT2D eigenvalue weighted by atomic mass is 16.7. The van der Waals surface area contributed by atoms with E-state index in [4.69, 9.17) is 9.84 Å². The fourth-order valence-electron chi connectivity index (χ4n) is 2.07. The van der Waals surface area contributed by atoms with Crippen LogP contribution in [0.25, 0.3) is 11.1 Å². The van der Waals surface area contributed by atoms with Gasteiger partial charge in [-0.1, -0.05) is 6.92 Å². The van der Waals surface area contributed by atoms with Gasteiger partial charge in [0.05, 0.1) is 13.3 Å². The predicted octanol–water partition coefficient (Wildman–Crippen LogP) is 3.08. The van der Waals surface area contributed by atoms with E-state index in [1.54, 1.807) is 19.4 Å². The van der Waals surface area contributed by atoms with Crippen LogP contribution in [0, 0.1) is 6.92 Å². The highest BCUT2D eigenvalue weighted by Gasteiger charge is 2.12. The van der Waals surface area contributed by atoms with Crippen LogP contribution in [0.4, 0.5) is 4.79 Å². The Bertz CT molecular complexity index is 671. The van der Waals surface area contributed by atoms with Crippen LogP contribution < -0.4 is 9.47 Å². The number of methoxy groups -OCH3 is 1. The van der Waals surface area contributed by atoms with E-state index in [0.29, 0.717) is 5.88 Å². The summed E-state index contributed by atoms with van der Waals surface area (Å²) in [6.07, 6.45) is 2.41. The van der Waals surface area contributed by atoms with Crippen molar-refractivity contribution in [1.82, 2.24) is 9.97 Å². The number of hydrogen-bond acceptors (Lipinski definition) is 5. The van der Waals surface area contributed by atoms with E-state index in [1.165, 1.54) is 6.20 Å². The van der Waals surface area contributed by atoms with Gasteiger partial charge in [0.15, 0.2) is 5.75 Å². The minimum Gasteiger partial charge on any atom is -0.481 e. The summed E-state index contributed by atoms with van der Waals surface area (Å²) < 4.78 is 9.88. The van der Waals surface area contributed by atoms with Crippen LogP contribution in [0.2, 0.25) is 0 Å². The van der Waals surface area contributed by atoms with Crippen LogP contribution in [0.15, 0.2) is 24.5 Å². The molecule has 0 atom stereocenters. The topological polar surface area (TPSA) is 81.5 Å². The molecule has 6 heteroatoms. The molecular weight excluding hydrogens is 272 g/mol. The lowest BCUT2D eigenvalue weighted by Crippen LogP contribution is -2.03. The first-order valence-corrected chi connectivity index (χ1v) is 6.45. The maximum absolute atomic E-state index is 10.6. The van der Waals surface area contributed by atoms with Crippen LogP contribution in [-0.4, -0.2) is 28.3 Å². The summed E-state index contributed by atoms with van der Waals surface area (Å²) >= 11 is 0. The molecule has 1 N–H and O–H groups in total. The first kappa shape index (κ1) is 14.8. The smallest absolute Gasteiger partial charge is 0.481 e. The lowest BCUT2D eigenvalue weighted by molar-refractivity contribution is 0.144. The monoisotopic (exact) mass is 288 g/mol. The molecule has 0 fully saturated rings. The Morgan fingerprint density at radius 1 is 1.33 bits per heavy atom. The van der Waals surface area contributed by atoms with Gasteiger partial charge in [0, 0.05) is 28.6 Å². The van der Waals surface area contributed by atoms with Gasteiger partial charge in [-0.3, -0.25) is 4.98 Å². The maximum Gasteiger partial charge on any atom is 0.511 e. The zero-order chi connectivity index (χ0) is 15.4. The van der Waals surface area contributed by atoms with Crippen LogP contribution in [0.5, 0.6) is 11.6 Å². The second-order valence-corrected chi connectivity index (χ2v) is 4.42. The van der Waals surface area contributed by atoms with Gasteiger partial charge < -0.3 is 14.6 Å². The van der Waals surface area contributed by atoms with Crippen LogP contribution in [0.3, 0.4) is 0 Å². The van der Waals surface area contributed by atoms with Crippen molar-refractivity contribution in [2.45, 2.75) is 20.3 Å². The Balaban J connectivity index is 2.48. The highest BCUT2D eigenvalue weighted by Crippen LogP contribution is 2.29. The first-order valence-electron chi connectivity index (χ1n) is 6.45. The van der Waals surface area contributed by atoms with Gasteiger partial charge in [-0.15, -0.1) is 0 Å². The molecule has 0 radical (unpaired) electrons. The van der Waals surface area contributed by atoms with Gasteiger partial charge >= 0.3 is 6.16 Å². The number of hydrogen-bond donors (Lipinski definition) is 1. The number of carboxylic acid groups (broad SMARTS) is 1. The molecule has 2 aromatic heterocycles. The van der Waals surface area contributed by atoms with Gasteiger partial charge in [0.1, 0.15) is 0 Å². The van der Waals surface area contributed by atoms with Crippen molar-refractivity contribution in [3.63, 3.8) is 0 Å². The summed E-state index contributed by atoms with van der Waals surface area (Å²) in [5, 5.41) is 8.65. The number of pyridine rings is 2. The summed E-state index contributed by atoms with van der Waals surface area (Å²) in [4.78, 5) is 19.0. The van der Waals surface area contributed by atoms with Crippen molar-refractivity contribution in [1.29, 1.82) is 0 Å². The molecule has 2 heterocycles. The summed E-state index contributed by atoms with van der Waals surface area (Å²) in [6, 6.07) is 3.60. The summed E-state index contributed by atoms with van der Waals surface area (Å²) in [5.41, 5.74) is 3.37. The van der Waals surface area contributed by atoms with E-state index in [9.17, 15) is 4.79 Å². The quantitative estimate of drug-likeness (QED) is 0.871. The number of rotatable bonds is 4. The largest absolute Gasteiger partial charge is 0.511 e. The van der Waals surface area contributed by atoms with Crippen molar-refractivity contribution >= 4 is 6.16 Å². The molecule has 6 nitrogen and oxygen atoms in total. The van der Waals surface area contributed by atoms with E-state index in [-0.39, 0.29) is 5.75 Å². The van der Waals surface area contributed by atoms with Gasteiger partial charge in [0.25, 0.3) is 0 Å². The molecule has 21 heavy (non-hydrogen) atoms. The molecule has 0 bridgehead atoms. The maximum atomic E-state index is 10.6. The molecule has 110 valence electrons. The van der Waals surface area contributed by atoms with Crippen molar-refractivity contribution in [2.24, 2.45) is 0 Å². The van der Waals surface area contributed by atoms with Crippen molar-refractivity contribution in [2.75, 3.05) is 7.11 Å². The fourth-order valence-corrected chi connectivity index (χ4v) is 2.07. The molecule has 0 aromatic carbocycles. The highest BCUT2D eigenvalue weighted by molar-refractivity contribution is 5.69. The minimum absolute atomic E-state index is 0.174. The van der Waals surface area contributed by atoms with Crippen molar-refractivity contribution in [3.05, 3.63) is 35.8 Å². The second-order valence-electron chi connectivity index (χ2n) is 4.42. The van der Waals surface area contributed by atoms with Gasteiger partial charge in [-0.2, -0.15) is 0 Å². The minimum atomic E-state index is -1.37. The lowest BCUT2D eigenvalue weighted by Gasteiger charge is -2.12. The summed E-state index contributed by atoms with van der Waals surface area (Å²) in [7, 11) is 1.59. The van der Waals surface area contributed by atoms with Crippen molar-refractivity contribution < 1.29 is 19.4 Å². The molecule has 0 aliphatic carbocycles. The molecule has 0 saturated heterocycles. The normalized spacial score (nSPS) is 10.2. The Morgan fingerprint density at radius 2 is 2.10 bits per heavy atom. The summed E-state index contributed by atoms with van der Waals surface area (Å²) in [5.74, 6) is 0.776. The number of nitrogens with zero attached hydrogens (tertiary/aromatic N) is 2. The van der Waals surface area contributed by atoms with Crippen molar-refractivity contribution in [3.8, 4) is 22.8 Å². The molecule has 0 amide bonds. The number of aryl methyl sites for hydroxylation is 2. The Kier molecular flexibility index (Phi) is 4.37. The Hall–Kier alpha value is -2.63. The van der Waals surface area contributed by atoms with Crippen LogP contribution >= 0.6 is 0 Å². The molecule has 0 aliphatic heterocycles. The molecule has 0 saturated carbocycles. The molecule has 2 aromatic rings. The molecule has 0 aliphatic rings. The Morgan fingerprint density at radius 3 is 2.71 bits per heavy atom. The third-order valence-electron chi connectivity index (χ3n) is 3.06. The molecule has 0 unspecified atom stereocenters. The molecular formula is C15H16N2O4. The fraction of sp³-hybridized carbons (Fsp3) is 0.267. The predicted molar refractivity (Wildman–Crippen MR) is 76.8 cm³/mol. The van der Waals surface area contributed by atoms with E-state index in [2.05, 4.69) is 14.7 Å². The lowest BCUT2D eigenvalue weighted by atomic mass is 10.0. The molecule has 2 rings (SSSR count). The third-order valence-corrected chi connectivity index (χ3v) is 3.06. The van der Waals surface area contributed by atoms with E-state index in [1.807, 2.05) is 19.9 Å². The van der Waals surface area contributed by atoms with E-state index >= 15 is 0 Å². The zero-order valence-corrected chi connectivity index (χ0v) is 12.1. The van der Waals surface area contributed by atoms with Crippen LogP contribution in [-0.2, 0) is 6.42 Å². The van der Waals surface area contributed by atoms with E-state index in [0.717, 1.165) is 28.8 Å². The summed E-state index contributed by atoms with van der Waals surface area (Å²) in [6.45, 7) is 3.88. The van der Waals surface area contributed by atoms with E-state index < -0.39 is 6.16 Å². The van der Waals surface area contributed by atoms with Gasteiger partial charge in [0.2, 0.25) is 5.88 Å². The average molecular weight is 288 g/mol. The Labute approximate surface area is 122 Å². The van der Waals surface area contributed by atoms with Crippen LogP contribution in [0.1, 0.15) is 18.2 Å². The van der Waals surface area contributed by atoms with Gasteiger partial charge in [-0.05, 0) is 25.5 Å². The first-order chi connectivity index (χ1) is 10.0. The average Bonchev–Trinajstić information content (AvgIpc) is 2.46. The SMILES string of the molecule is CCc1cc(-c2cncc(OC(=O)O)c2)c(C)nc1OC. The zero-order valence-electron chi connectivity index (χ0n) is 12.1. The number of carbonyl (C=O) groups is 1. The second kappa shape index (κ2) is 6.21. The third kappa shape index (κ3) is 3.28. The van der Waals surface area contributed by atoms with Gasteiger partial charge in [-0.25, -0.2) is 9.78 Å². The molecule has 0 spiro atoms. The number of ether oxygens (including phenoxy) is 2. The number of aromatic nitrogens is 2.